The predicted molar refractivity (Wildman–Crippen MR) is 80.7 cm³/mol. The van der Waals surface area contributed by atoms with E-state index >= 15 is 0 Å². The standard InChI is InChI=1S/C18H16N2O2/c21-17-13-7-1-2-8-14(13)18(22-17,15-9-3-5-11-19-15)16-10-4-6-12-20-16/h1-6,9-14H,7-8H2/t13-,14+/m0/s1. The Bertz CT molecular complexity index is 673. The van der Waals surface area contributed by atoms with Gasteiger partial charge in [0.25, 0.3) is 0 Å². The van der Waals surface area contributed by atoms with E-state index in [0.717, 1.165) is 24.2 Å². The van der Waals surface area contributed by atoms with Crippen LogP contribution in [0.15, 0.2) is 60.9 Å². The Morgan fingerprint density at radius 1 is 0.955 bits per heavy atom. The molecule has 3 heterocycles. The number of hydrogen-bond donors (Lipinski definition) is 0. The summed E-state index contributed by atoms with van der Waals surface area (Å²) in [5, 5.41) is 0. The quantitative estimate of drug-likeness (QED) is 0.631. The third-order valence-corrected chi connectivity index (χ3v) is 4.61. The summed E-state index contributed by atoms with van der Waals surface area (Å²) in [7, 11) is 0. The summed E-state index contributed by atoms with van der Waals surface area (Å²) < 4.78 is 5.96. The van der Waals surface area contributed by atoms with E-state index in [1.165, 1.54) is 0 Å². The Hall–Kier alpha value is -2.49. The molecule has 22 heavy (non-hydrogen) atoms. The lowest BCUT2D eigenvalue weighted by Gasteiger charge is -2.34. The number of carbonyl (C=O) groups is 1. The van der Waals surface area contributed by atoms with Crippen molar-refractivity contribution >= 4 is 5.97 Å². The van der Waals surface area contributed by atoms with Crippen molar-refractivity contribution in [3.8, 4) is 0 Å². The fourth-order valence-corrected chi connectivity index (χ4v) is 3.61. The molecule has 2 aromatic rings. The lowest BCUT2D eigenvalue weighted by Crippen LogP contribution is -2.37. The van der Waals surface area contributed by atoms with Crippen LogP contribution in [0.3, 0.4) is 0 Å². The van der Waals surface area contributed by atoms with Gasteiger partial charge in [0.1, 0.15) is 0 Å². The molecule has 1 saturated heterocycles. The number of cyclic esters (lactones) is 1. The zero-order valence-corrected chi connectivity index (χ0v) is 12.1. The van der Waals surface area contributed by atoms with Crippen LogP contribution in [0, 0.1) is 11.8 Å². The van der Waals surface area contributed by atoms with Crippen LogP contribution in [0.2, 0.25) is 0 Å². The second-order valence-electron chi connectivity index (χ2n) is 5.74. The average molecular weight is 292 g/mol. The van der Waals surface area contributed by atoms with E-state index in [9.17, 15) is 4.79 Å². The topological polar surface area (TPSA) is 52.1 Å². The zero-order valence-electron chi connectivity index (χ0n) is 12.1. The maximum atomic E-state index is 12.5. The molecule has 1 aliphatic heterocycles. The summed E-state index contributed by atoms with van der Waals surface area (Å²) in [5.41, 5.74) is 0.629. The summed E-state index contributed by atoms with van der Waals surface area (Å²) in [4.78, 5) is 21.4. The third kappa shape index (κ3) is 1.80. The number of ether oxygens (including phenoxy) is 1. The van der Waals surface area contributed by atoms with Gasteiger partial charge in [-0.1, -0.05) is 24.3 Å². The van der Waals surface area contributed by atoms with Gasteiger partial charge in [0.05, 0.1) is 17.3 Å². The number of carbonyl (C=O) groups excluding carboxylic acids is 1. The lowest BCUT2D eigenvalue weighted by atomic mass is 9.71. The minimum Gasteiger partial charge on any atom is -0.445 e. The summed E-state index contributed by atoms with van der Waals surface area (Å²) in [6, 6.07) is 11.4. The van der Waals surface area contributed by atoms with Crippen molar-refractivity contribution in [1.82, 2.24) is 9.97 Å². The first-order chi connectivity index (χ1) is 10.8. The molecule has 0 aromatic carbocycles. The van der Waals surface area contributed by atoms with Crippen molar-refractivity contribution in [1.29, 1.82) is 0 Å². The molecule has 2 aliphatic rings. The molecule has 1 aliphatic carbocycles. The molecule has 4 rings (SSSR count). The minimum atomic E-state index is -0.880. The number of fused-ring (bicyclic) bond motifs is 1. The van der Waals surface area contributed by atoms with E-state index in [1.54, 1.807) is 12.4 Å². The Balaban J connectivity index is 1.94. The molecule has 110 valence electrons. The molecule has 2 aromatic heterocycles. The fraction of sp³-hybridized carbons (Fsp3) is 0.278. The maximum Gasteiger partial charge on any atom is 0.311 e. The van der Waals surface area contributed by atoms with Crippen LogP contribution < -0.4 is 0 Å². The first-order valence-corrected chi connectivity index (χ1v) is 7.53. The molecule has 2 atom stereocenters. The number of pyridine rings is 2. The molecule has 0 saturated carbocycles. The fourth-order valence-electron chi connectivity index (χ4n) is 3.61. The van der Waals surface area contributed by atoms with Crippen LogP contribution in [-0.4, -0.2) is 15.9 Å². The molecule has 1 fully saturated rings. The predicted octanol–water partition coefficient (Wildman–Crippen LogP) is 2.86. The molecule has 4 heteroatoms. The molecule has 4 nitrogen and oxygen atoms in total. The Labute approximate surface area is 128 Å². The van der Waals surface area contributed by atoms with Crippen LogP contribution in [0.4, 0.5) is 0 Å². The monoisotopic (exact) mass is 292 g/mol. The van der Waals surface area contributed by atoms with Gasteiger partial charge in [-0.15, -0.1) is 0 Å². The van der Waals surface area contributed by atoms with Gasteiger partial charge in [0.15, 0.2) is 5.60 Å². The van der Waals surface area contributed by atoms with Gasteiger partial charge in [0, 0.05) is 18.3 Å². The second-order valence-corrected chi connectivity index (χ2v) is 5.74. The van der Waals surface area contributed by atoms with Crippen molar-refractivity contribution < 1.29 is 9.53 Å². The van der Waals surface area contributed by atoms with Gasteiger partial charge in [-0.2, -0.15) is 0 Å². The second kappa shape index (κ2) is 5.05. The van der Waals surface area contributed by atoms with Gasteiger partial charge in [-0.05, 0) is 37.1 Å². The van der Waals surface area contributed by atoms with Crippen molar-refractivity contribution in [3.63, 3.8) is 0 Å². The highest BCUT2D eigenvalue weighted by molar-refractivity contribution is 5.77. The normalized spacial score (nSPS) is 25.5. The van der Waals surface area contributed by atoms with E-state index in [1.807, 2.05) is 36.4 Å². The number of aromatic nitrogens is 2. The number of esters is 1. The highest BCUT2D eigenvalue weighted by atomic mass is 16.6. The number of hydrogen-bond acceptors (Lipinski definition) is 4. The summed E-state index contributed by atoms with van der Waals surface area (Å²) in [6.07, 6.45) is 9.19. The number of nitrogens with zero attached hydrogens (tertiary/aromatic N) is 2. The highest BCUT2D eigenvalue weighted by Gasteiger charge is 2.58. The highest BCUT2D eigenvalue weighted by Crippen LogP contribution is 2.52. The first-order valence-electron chi connectivity index (χ1n) is 7.53. The first kappa shape index (κ1) is 13.2. The summed E-state index contributed by atoms with van der Waals surface area (Å²) >= 11 is 0. The van der Waals surface area contributed by atoms with Crippen LogP contribution in [0.25, 0.3) is 0 Å². The molecule has 0 unspecified atom stereocenters. The Kier molecular flexibility index (Phi) is 3.03. The maximum absolute atomic E-state index is 12.5. The summed E-state index contributed by atoms with van der Waals surface area (Å²) in [6.45, 7) is 0. The summed E-state index contributed by atoms with van der Waals surface area (Å²) in [5.74, 6) is -0.227. The molecule has 0 N–H and O–H groups in total. The number of allylic oxidation sites excluding steroid dienone is 2. The molecular formula is C18H16N2O2. The van der Waals surface area contributed by atoms with E-state index in [-0.39, 0.29) is 17.8 Å². The average Bonchev–Trinajstić information content (AvgIpc) is 2.91. The van der Waals surface area contributed by atoms with Gasteiger partial charge < -0.3 is 4.74 Å². The molecule has 0 radical (unpaired) electrons. The lowest BCUT2D eigenvalue weighted by molar-refractivity contribution is -0.149. The van der Waals surface area contributed by atoms with E-state index < -0.39 is 5.60 Å². The van der Waals surface area contributed by atoms with Gasteiger partial charge in [0.2, 0.25) is 0 Å². The van der Waals surface area contributed by atoms with Crippen molar-refractivity contribution in [2.75, 3.05) is 0 Å². The molecule has 0 amide bonds. The zero-order chi connectivity index (χ0) is 15.0. The number of rotatable bonds is 2. The van der Waals surface area contributed by atoms with Gasteiger partial charge >= 0.3 is 5.97 Å². The van der Waals surface area contributed by atoms with Crippen LogP contribution in [0.5, 0.6) is 0 Å². The Morgan fingerprint density at radius 3 is 2.18 bits per heavy atom. The van der Waals surface area contributed by atoms with Crippen molar-refractivity contribution in [2.24, 2.45) is 11.8 Å². The van der Waals surface area contributed by atoms with E-state index in [4.69, 9.17) is 4.74 Å². The largest absolute Gasteiger partial charge is 0.445 e. The van der Waals surface area contributed by atoms with Crippen LogP contribution >= 0.6 is 0 Å². The molecule has 0 spiro atoms. The van der Waals surface area contributed by atoms with Gasteiger partial charge in [-0.3, -0.25) is 14.8 Å². The van der Waals surface area contributed by atoms with Crippen LogP contribution in [-0.2, 0) is 15.1 Å². The smallest absolute Gasteiger partial charge is 0.311 e. The molecular weight excluding hydrogens is 276 g/mol. The molecule has 0 bridgehead atoms. The van der Waals surface area contributed by atoms with E-state index in [2.05, 4.69) is 22.1 Å². The van der Waals surface area contributed by atoms with Gasteiger partial charge in [-0.25, -0.2) is 0 Å². The van der Waals surface area contributed by atoms with Crippen LogP contribution in [0.1, 0.15) is 24.2 Å². The van der Waals surface area contributed by atoms with E-state index in [0.29, 0.717) is 0 Å². The Morgan fingerprint density at radius 2 is 1.59 bits per heavy atom. The minimum absolute atomic E-state index is 0.0369. The third-order valence-electron chi connectivity index (χ3n) is 4.61. The van der Waals surface area contributed by atoms with Crippen molar-refractivity contribution in [3.05, 3.63) is 72.3 Å². The SMILES string of the molecule is O=C1OC(c2ccccn2)(c2ccccn2)[C@@H]2CC=CC[C@H]12. The van der Waals surface area contributed by atoms with Crippen molar-refractivity contribution in [2.45, 2.75) is 18.4 Å².